The fourth-order valence-electron chi connectivity index (χ4n) is 2.18. The molecule has 0 radical (unpaired) electrons. The molecule has 1 fully saturated rings. The van der Waals surface area contributed by atoms with Gasteiger partial charge in [-0.1, -0.05) is 6.42 Å². The number of piperidine rings is 1. The molecule has 1 N–H and O–H groups in total. The maximum absolute atomic E-state index is 11.4. The van der Waals surface area contributed by atoms with E-state index in [1.807, 2.05) is 0 Å². The topological polar surface area (TPSA) is 41.6 Å². The van der Waals surface area contributed by atoms with E-state index < -0.39 is 0 Å². The third kappa shape index (κ3) is 7.34. The van der Waals surface area contributed by atoms with Gasteiger partial charge in [-0.2, -0.15) is 0 Å². The third-order valence-electron chi connectivity index (χ3n) is 3.21. The van der Waals surface area contributed by atoms with E-state index >= 15 is 0 Å². The molecular formula is C13H26N2O2. The van der Waals surface area contributed by atoms with E-state index in [2.05, 4.69) is 10.2 Å². The number of nitrogens with zero attached hydrogens (tertiary/aromatic N) is 1. The minimum Gasteiger partial charge on any atom is -0.383 e. The van der Waals surface area contributed by atoms with Gasteiger partial charge in [0.2, 0.25) is 5.91 Å². The molecular weight excluding hydrogens is 216 g/mol. The Morgan fingerprint density at radius 3 is 2.71 bits per heavy atom. The van der Waals surface area contributed by atoms with E-state index in [1.165, 1.54) is 32.4 Å². The first-order valence-electron chi connectivity index (χ1n) is 6.81. The highest BCUT2D eigenvalue weighted by molar-refractivity contribution is 5.75. The van der Waals surface area contributed by atoms with Crippen LogP contribution < -0.4 is 5.32 Å². The van der Waals surface area contributed by atoms with Gasteiger partial charge in [-0.3, -0.25) is 4.79 Å². The van der Waals surface area contributed by atoms with Gasteiger partial charge in [-0.05, 0) is 45.3 Å². The summed E-state index contributed by atoms with van der Waals surface area (Å²) in [4.78, 5) is 13.9. The Kier molecular flexibility index (Phi) is 8.01. The highest BCUT2D eigenvalue weighted by Crippen LogP contribution is 2.09. The second-order valence-corrected chi connectivity index (χ2v) is 4.70. The number of likely N-dealkylation sites (tertiary alicyclic amines) is 1. The number of hydrogen-bond acceptors (Lipinski definition) is 3. The summed E-state index contributed by atoms with van der Waals surface area (Å²) in [5, 5.41) is 2.84. The van der Waals surface area contributed by atoms with Crippen LogP contribution in [0.4, 0.5) is 0 Å². The molecule has 1 saturated heterocycles. The van der Waals surface area contributed by atoms with Crippen LogP contribution in [0.5, 0.6) is 0 Å². The molecule has 1 heterocycles. The van der Waals surface area contributed by atoms with Crippen molar-refractivity contribution in [3.05, 3.63) is 0 Å². The highest BCUT2D eigenvalue weighted by Gasteiger charge is 2.09. The molecule has 100 valence electrons. The Morgan fingerprint density at radius 1 is 1.24 bits per heavy atom. The average Bonchev–Trinajstić information content (AvgIpc) is 2.36. The van der Waals surface area contributed by atoms with Crippen LogP contribution >= 0.6 is 0 Å². The summed E-state index contributed by atoms with van der Waals surface area (Å²) in [5.41, 5.74) is 0. The lowest BCUT2D eigenvalue weighted by atomic mass is 10.1. The SMILES string of the molecule is COCCNC(=O)CCCCN1CCCCC1. The van der Waals surface area contributed by atoms with Crippen LogP contribution in [0.2, 0.25) is 0 Å². The Morgan fingerprint density at radius 2 is 2.00 bits per heavy atom. The summed E-state index contributed by atoms with van der Waals surface area (Å²) in [7, 11) is 1.64. The number of rotatable bonds is 8. The van der Waals surface area contributed by atoms with Crippen molar-refractivity contribution in [3.8, 4) is 0 Å². The van der Waals surface area contributed by atoms with Gasteiger partial charge in [-0.25, -0.2) is 0 Å². The van der Waals surface area contributed by atoms with Crippen molar-refractivity contribution in [1.82, 2.24) is 10.2 Å². The van der Waals surface area contributed by atoms with Gasteiger partial charge in [0.05, 0.1) is 6.61 Å². The zero-order chi connectivity index (χ0) is 12.3. The summed E-state index contributed by atoms with van der Waals surface area (Å²) in [6.07, 6.45) is 6.86. The molecule has 4 nitrogen and oxygen atoms in total. The van der Waals surface area contributed by atoms with E-state index in [0.717, 1.165) is 19.4 Å². The number of carbonyl (C=O) groups excluding carboxylic acids is 1. The van der Waals surface area contributed by atoms with Crippen LogP contribution in [0.15, 0.2) is 0 Å². The standard InChI is InChI=1S/C13H26N2O2/c1-17-12-8-14-13(16)7-3-6-11-15-9-4-2-5-10-15/h2-12H2,1H3,(H,14,16). The molecule has 0 spiro atoms. The van der Waals surface area contributed by atoms with Gasteiger partial charge < -0.3 is 15.0 Å². The second kappa shape index (κ2) is 9.42. The summed E-state index contributed by atoms with van der Waals surface area (Å²) < 4.78 is 4.88. The molecule has 1 rings (SSSR count). The van der Waals surface area contributed by atoms with Crippen molar-refractivity contribution in [2.24, 2.45) is 0 Å². The van der Waals surface area contributed by atoms with Crippen molar-refractivity contribution >= 4 is 5.91 Å². The lowest BCUT2D eigenvalue weighted by molar-refractivity contribution is -0.121. The Bertz CT molecular complexity index is 204. The molecule has 4 heteroatoms. The number of amides is 1. The molecule has 1 aliphatic heterocycles. The minimum atomic E-state index is 0.153. The van der Waals surface area contributed by atoms with Crippen molar-refractivity contribution < 1.29 is 9.53 Å². The summed E-state index contributed by atoms with van der Waals surface area (Å²) >= 11 is 0. The van der Waals surface area contributed by atoms with Gasteiger partial charge in [0.1, 0.15) is 0 Å². The van der Waals surface area contributed by atoms with Crippen LogP contribution in [0.1, 0.15) is 38.5 Å². The molecule has 0 bridgehead atoms. The predicted octanol–water partition coefficient (Wildman–Crippen LogP) is 1.41. The van der Waals surface area contributed by atoms with Crippen LogP contribution in [-0.4, -0.2) is 50.7 Å². The maximum atomic E-state index is 11.4. The van der Waals surface area contributed by atoms with Crippen LogP contribution in [0.25, 0.3) is 0 Å². The monoisotopic (exact) mass is 242 g/mol. The molecule has 17 heavy (non-hydrogen) atoms. The van der Waals surface area contributed by atoms with E-state index in [1.54, 1.807) is 7.11 Å². The summed E-state index contributed by atoms with van der Waals surface area (Å²) in [6, 6.07) is 0. The van der Waals surface area contributed by atoms with Gasteiger partial charge in [0.15, 0.2) is 0 Å². The van der Waals surface area contributed by atoms with E-state index in [9.17, 15) is 4.79 Å². The van der Waals surface area contributed by atoms with E-state index in [-0.39, 0.29) is 5.91 Å². The zero-order valence-corrected chi connectivity index (χ0v) is 11.0. The summed E-state index contributed by atoms with van der Waals surface area (Å²) in [5.74, 6) is 0.153. The van der Waals surface area contributed by atoms with Crippen molar-refractivity contribution in [1.29, 1.82) is 0 Å². The first-order chi connectivity index (χ1) is 8.33. The molecule has 0 aromatic heterocycles. The van der Waals surface area contributed by atoms with Gasteiger partial charge in [0, 0.05) is 20.1 Å². The van der Waals surface area contributed by atoms with Crippen LogP contribution in [-0.2, 0) is 9.53 Å². The van der Waals surface area contributed by atoms with Crippen LogP contribution in [0.3, 0.4) is 0 Å². The normalized spacial score (nSPS) is 17.0. The number of methoxy groups -OCH3 is 1. The number of carbonyl (C=O) groups is 1. The fraction of sp³-hybridized carbons (Fsp3) is 0.923. The largest absolute Gasteiger partial charge is 0.383 e. The Balaban J connectivity index is 1.90. The lowest BCUT2D eigenvalue weighted by Gasteiger charge is -2.26. The molecule has 1 aliphatic rings. The van der Waals surface area contributed by atoms with Crippen molar-refractivity contribution in [2.45, 2.75) is 38.5 Å². The molecule has 0 unspecified atom stereocenters. The molecule has 0 saturated carbocycles. The number of unbranched alkanes of at least 4 members (excludes halogenated alkanes) is 1. The van der Waals surface area contributed by atoms with Crippen molar-refractivity contribution in [3.63, 3.8) is 0 Å². The second-order valence-electron chi connectivity index (χ2n) is 4.70. The number of nitrogens with one attached hydrogen (secondary N) is 1. The molecule has 0 aromatic rings. The Labute approximate surface area is 105 Å². The summed E-state index contributed by atoms with van der Waals surface area (Å²) in [6.45, 7) is 4.88. The van der Waals surface area contributed by atoms with Gasteiger partial charge in [0.25, 0.3) is 0 Å². The smallest absolute Gasteiger partial charge is 0.220 e. The Hall–Kier alpha value is -0.610. The molecule has 1 amide bonds. The van der Waals surface area contributed by atoms with Crippen LogP contribution in [0, 0.1) is 0 Å². The first-order valence-corrected chi connectivity index (χ1v) is 6.81. The maximum Gasteiger partial charge on any atom is 0.220 e. The fourth-order valence-corrected chi connectivity index (χ4v) is 2.18. The quantitative estimate of drug-likeness (QED) is 0.654. The van der Waals surface area contributed by atoms with E-state index in [0.29, 0.717) is 19.6 Å². The zero-order valence-electron chi connectivity index (χ0n) is 11.0. The molecule has 0 aromatic carbocycles. The average molecular weight is 242 g/mol. The third-order valence-corrected chi connectivity index (χ3v) is 3.21. The van der Waals surface area contributed by atoms with E-state index in [4.69, 9.17) is 4.74 Å². The predicted molar refractivity (Wildman–Crippen MR) is 69.0 cm³/mol. The minimum absolute atomic E-state index is 0.153. The molecule has 0 aliphatic carbocycles. The number of hydrogen-bond donors (Lipinski definition) is 1. The lowest BCUT2D eigenvalue weighted by Crippen LogP contribution is -2.31. The highest BCUT2D eigenvalue weighted by atomic mass is 16.5. The number of ether oxygens (including phenoxy) is 1. The van der Waals surface area contributed by atoms with Crippen molar-refractivity contribution in [2.75, 3.05) is 39.9 Å². The molecule has 0 atom stereocenters. The first kappa shape index (κ1) is 14.5. The van der Waals surface area contributed by atoms with Gasteiger partial charge >= 0.3 is 0 Å². The van der Waals surface area contributed by atoms with Gasteiger partial charge in [-0.15, -0.1) is 0 Å².